The van der Waals surface area contributed by atoms with Gasteiger partial charge in [-0.3, -0.25) is 9.69 Å². The largest absolute Gasteiger partial charge is 0.444 e. The Morgan fingerprint density at radius 3 is 2.32 bits per heavy atom. The molecule has 1 heterocycles. The van der Waals surface area contributed by atoms with Crippen molar-refractivity contribution in [3.05, 3.63) is 0 Å². The Morgan fingerprint density at radius 2 is 1.82 bits per heavy atom. The van der Waals surface area contributed by atoms with E-state index in [-0.39, 0.29) is 24.3 Å². The van der Waals surface area contributed by atoms with Gasteiger partial charge < -0.3 is 10.1 Å². The lowest BCUT2D eigenvalue weighted by atomic mass is 9.92. The fourth-order valence-corrected chi connectivity index (χ4v) is 2.23. The number of ether oxygens (including phenoxy) is 1. The number of nitrogens with zero attached hydrogens (tertiary/aromatic N) is 1. The van der Waals surface area contributed by atoms with Crippen LogP contribution < -0.4 is 5.32 Å². The quantitative estimate of drug-likeness (QED) is 0.871. The molecular formula is C16H29FN2O3. The molecule has 2 atom stereocenters. The second-order valence-electron chi connectivity index (χ2n) is 8.08. The number of likely N-dealkylation sites (tertiary alicyclic amines) is 1. The van der Waals surface area contributed by atoms with E-state index in [1.807, 2.05) is 0 Å². The third-order valence-corrected chi connectivity index (χ3v) is 3.35. The van der Waals surface area contributed by atoms with Crippen LogP contribution in [0, 0.1) is 5.41 Å². The van der Waals surface area contributed by atoms with Gasteiger partial charge >= 0.3 is 6.09 Å². The van der Waals surface area contributed by atoms with Gasteiger partial charge in [0, 0.05) is 13.0 Å². The Balaban J connectivity index is 2.62. The monoisotopic (exact) mass is 316 g/mol. The molecule has 2 amide bonds. The zero-order valence-electron chi connectivity index (χ0n) is 14.5. The van der Waals surface area contributed by atoms with Gasteiger partial charge in [0.25, 0.3) is 0 Å². The van der Waals surface area contributed by atoms with E-state index in [0.717, 1.165) is 6.42 Å². The van der Waals surface area contributed by atoms with Gasteiger partial charge in [0.2, 0.25) is 5.91 Å². The number of rotatable bonds is 3. The highest BCUT2D eigenvalue weighted by atomic mass is 19.1. The van der Waals surface area contributed by atoms with Crippen molar-refractivity contribution >= 4 is 12.0 Å². The highest BCUT2D eigenvalue weighted by Crippen LogP contribution is 2.23. The summed E-state index contributed by atoms with van der Waals surface area (Å²) in [5, 5.41) is 2.79. The molecule has 6 heteroatoms. The average Bonchev–Trinajstić information content (AvgIpc) is 2.67. The molecule has 1 rings (SSSR count). The third kappa shape index (κ3) is 6.20. The molecule has 0 aromatic carbocycles. The first-order valence-electron chi connectivity index (χ1n) is 7.80. The number of carbonyl (C=O) groups excluding carboxylic acids is 2. The minimum absolute atomic E-state index is 0.0284. The highest BCUT2D eigenvalue weighted by Gasteiger charge is 2.41. The summed E-state index contributed by atoms with van der Waals surface area (Å²) in [6.07, 6.45) is -0.980. The lowest BCUT2D eigenvalue weighted by Gasteiger charge is -2.28. The van der Waals surface area contributed by atoms with Gasteiger partial charge in [-0.2, -0.15) is 0 Å². The molecule has 0 aromatic heterocycles. The molecule has 1 aliphatic heterocycles. The van der Waals surface area contributed by atoms with Crippen LogP contribution in [-0.2, 0) is 9.53 Å². The predicted molar refractivity (Wildman–Crippen MR) is 83.3 cm³/mol. The summed E-state index contributed by atoms with van der Waals surface area (Å²) in [7, 11) is 0. The molecule has 128 valence electrons. The van der Waals surface area contributed by atoms with E-state index < -0.39 is 23.9 Å². The zero-order chi connectivity index (χ0) is 17.1. The Morgan fingerprint density at radius 1 is 1.23 bits per heavy atom. The summed E-state index contributed by atoms with van der Waals surface area (Å²) in [4.78, 5) is 25.5. The van der Waals surface area contributed by atoms with Crippen molar-refractivity contribution < 1.29 is 18.7 Å². The fraction of sp³-hybridized carbons (Fsp3) is 0.875. The van der Waals surface area contributed by atoms with Crippen molar-refractivity contribution in [2.24, 2.45) is 5.41 Å². The molecule has 22 heavy (non-hydrogen) atoms. The van der Waals surface area contributed by atoms with Crippen molar-refractivity contribution in [1.82, 2.24) is 10.2 Å². The van der Waals surface area contributed by atoms with E-state index in [2.05, 4.69) is 26.1 Å². The number of hydrogen-bond donors (Lipinski definition) is 1. The van der Waals surface area contributed by atoms with Crippen molar-refractivity contribution in [2.45, 2.75) is 72.2 Å². The average molecular weight is 316 g/mol. The van der Waals surface area contributed by atoms with E-state index >= 15 is 0 Å². The highest BCUT2D eigenvalue weighted by molar-refractivity contribution is 5.86. The first-order chi connectivity index (χ1) is 9.89. The number of carbonyl (C=O) groups is 2. The molecule has 0 unspecified atom stereocenters. The molecule has 0 radical (unpaired) electrons. The summed E-state index contributed by atoms with van der Waals surface area (Å²) >= 11 is 0. The van der Waals surface area contributed by atoms with Crippen LogP contribution in [0.25, 0.3) is 0 Å². The molecule has 1 aliphatic rings. The van der Waals surface area contributed by atoms with E-state index in [4.69, 9.17) is 4.74 Å². The van der Waals surface area contributed by atoms with E-state index in [1.165, 1.54) is 4.90 Å². The molecule has 0 spiro atoms. The first kappa shape index (κ1) is 18.7. The number of alkyl halides is 1. The molecule has 1 N–H and O–H groups in total. The van der Waals surface area contributed by atoms with E-state index in [9.17, 15) is 14.0 Å². The lowest BCUT2D eigenvalue weighted by molar-refractivity contribution is -0.125. The standard InChI is InChI=1S/C16H29FN2O3/c1-15(2,3)7-8-18-13(20)12-9-11(17)10-19(12)14(21)22-16(4,5)6/h11-12H,7-10H2,1-6H3,(H,18,20)/t11-,12+/m1/s1. The second kappa shape index (κ2) is 6.84. The number of halogens is 1. The van der Waals surface area contributed by atoms with Crippen LogP contribution in [0.1, 0.15) is 54.4 Å². The minimum Gasteiger partial charge on any atom is -0.444 e. The molecule has 0 aromatic rings. The van der Waals surface area contributed by atoms with Crippen molar-refractivity contribution in [2.75, 3.05) is 13.1 Å². The van der Waals surface area contributed by atoms with Gasteiger partial charge in [-0.25, -0.2) is 9.18 Å². The van der Waals surface area contributed by atoms with Crippen LogP contribution in [0.5, 0.6) is 0 Å². The molecule has 5 nitrogen and oxygen atoms in total. The van der Waals surface area contributed by atoms with Crippen LogP contribution in [0.2, 0.25) is 0 Å². The molecule has 1 fully saturated rings. The molecule has 0 aliphatic carbocycles. The van der Waals surface area contributed by atoms with Crippen LogP contribution in [0.3, 0.4) is 0 Å². The van der Waals surface area contributed by atoms with Gasteiger partial charge in [-0.1, -0.05) is 20.8 Å². The first-order valence-corrected chi connectivity index (χ1v) is 7.80. The predicted octanol–water partition coefficient (Wildman–Crippen LogP) is 2.89. The molecule has 0 bridgehead atoms. The molecule has 1 saturated heterocycles. The van der Waals surface area contributed by atoms with Crippen molar-refractivity contribution in [1.29, 1.82) is 0 Å². The Bertz CT molecular complexity index is 413. The maximum absolute atomic E-state index is 13.7. The summed E-state index contributed by atoms with van der Waals surface area (Å²) in [6, 6.07) is -0.787. The van der Waals surface area contributed by atoms with Gasteiger partial charge in [-0.15, -0.1) is 0 Å². The minimum atomic E-state index is -1.19. The molecule has 0 saturated carbocycles. The summed E-state index contributed by atoms with van der Waals surface area (Å²) in [5.41, 5.74) is -0.560. The summed E-state index contributed by atoms with van der Waals surface area (Å²) in [6.45, 7) is 11.9. The zero-order valence-corrected chi connectivity index (χ0v) is 14.5. The fourth-order valence-electron chi connectivity index (χ4n) is 2.23. The third-order valence-electron chi connectivity index (χ3n) is 3.35. The number of hydrogen-bond acceptors (Lipinski definition) is 3. The second-order valence-corrected chi connectivity index (χ2v) is 8.08. The van der Waals surface area contributed by atoms with Crippen LogP contribution in [0.15, 0.2) is 0 Å². The van der Waals surface area contributed by atoms with Crippen LogP contribution in [-0.4, -0.2) is 47.8 Å². The van der Waals surface area contributed by atoms with Gasteiger partial charge in [0.15, 0.2) is 0 Å². The number of amides is 2. The smallest absolute Gasteiger partial charge is 0.411 e. The van der Waals surface area contributed by atoms with Crippen LogP contribution in [0.4, 0.5) is 9.18 Å². The number of nitrogens with one attached hydrogen (secondary N) is 1. The van der Waals surface area contributed by atoms with E-state index in [1.54, 1.807) is 20.8 Å². The maximum atomic E-state index is 13.7. The van der Waals surface area contributed by atoms with Gasteiger partial charge in [0.05, 0.1) is 6.54 Å². The van der Waals surface area contributed by atoms with Crippen molar-refractivity contribution in [3.63, 3.8) is 0 Å². The topological polar surface area (TPSA) is 58.6 Å². The summed E-state index contributed by atoms with van der Waals surface area (Å²) < 4.78 is 18.9. The normalized spacial score (nSPS) is 22.6. The summed E-state index contributed by atoms with van der Waals surface area (Å²) in [5.74, 6) is -0.310. The SMILES string of the molecule is CC(C)(C)CCNC(=O)[C@@H]1C[C@@H](F)CN1C(=O)OC(C)(C)C. The Kier molecular flexibility index (Phi) is 5.82. The Hall–Kier alpha value is -1.33. The maximum Gasteiger partial charge on any atom is 0.411 e. The Labute approximate surface area is 132 Å². The van der Waals surface area contributed by atoms with Gasteiger partial charge in [0.1, 0.15) is 17.8 Å². The van der Waals surface area contributed by atoms with Crippen LogP contribution >= 0.6 is 0 Å². The van der Waals surface area contributed by atoms with E-state index in [0.29, 0.717) is 6.54 Å². The lowest BCUT2D eigenvalue weighted by Crippen LogP contribution is -2.48. The van der Waals surface area contributed by atoms with Gasteiger partial charge in [-0.05, 0) is 32.6 Å². The van der Waals surface area contributed by atoms with Crippen molar-refractivity contribution in [3.8, 4) is 0 Å². The molecular weight excluding hydrogens is 287 g/mol.